The fraction of sp³-hybridized carbons (Fsp3) is 0.550. The fourth-order valence-electron chi connectivity index (χ4n) is 6.40. The van der Waals surface area contributed by atoms with Gasteiger partial charge in [0, 0.05) is 48.2 Å². The SMILES string of the molecule is Cc1cc(COC2(c3cnccc3-c3ccccc3OC3CC3)CC2)c(Cl)cc1CCCCN(CCOCCO)C(=O)NCC(O)C(O)C(O)C(O)CO. The quantitative estimate of drug-likeness (QED) is 0.0700. The maximum absolute atomic E-state index is 13.0. The summed E-state index contributed by atoms with van der Waals surface area (Å²) in [4.78, 5) is 19.0. The van der Waals surface area contributed by atoms with Gasteiger partial charge < -0.3 is 55.1 Å². The standard InChI is InChI=1S/C40H54ClN3O10/c1-26-20-28(25-53-40(12-13-40)32-22-42-14-11-30(32)31-7-2-3-8-36(31)54-29-9-10-29)33(41)21-27(26)6-4-5-15-44(16-18-52-19-17-45)39(51)43-23-34(47)37(49)38(50)35(48)24-46/h2-3,7-8,11,14,20-22,29,34-35,37-38,45-50H,4-6,9-10,12-13,15-19,23-25H2,1H3,(H,43,51). The molecular formula is C40H54ClN3O10. The molecule has 0 spiro atoms. The number of aliphatic hydroxyl groups is 6. The number of amides is 2. The molecule has 0 saturated heterocycles. The van der Waals surface area contributed by atoms with Gasteiger partial charge in [-0.2, -0.15) is 0 Å². The van der Waals surface area contributed by atoms with E-state index < -0.39 is 49.2 Å². The van der Waals surface area contributed by atoms with Crippen LogP contribution in [0.5, 0.6) is 5.75 Å². The highest BCUT2D eigenvalue weighted by atomic mass is 35.5. The van der Waals surface area contributed by atoms with Crippen LogP contribution >= 0.6 is 11.6 Å². The van der Waals surface area contributed by atoms with Crippen molar-refractivity contribution in [3.05, 3.63) is 82.1 Å². The lowest BCUT2D eigenvalue weighted by Crippen LogP contribution is -2.51. The summed E-state index contributed by atoms with van der Waals surface area (Å²) in [5.74, 6) is 0.881. The molecule has 2 fully saturated rings. The molecule has 1 aromatic heterocycles. The highest BCUT2D eigenvalue weighted by Crippen LogP contribution is 2.53. The van der Waals surface area contributed by atoms with Crippen molar-refractivity contribution in [2.45, 2.75) is 94.6 Å². The van der Waals surface area contributed by atoms with Crippen LogP contribution < -0.4 is 10.1 Å². The van der Waals surface area contributed by atoms with Crippen molar-refractivity contribution in [2.75, 3.05) is 46.1 Å². The lowest BCUT2D eigenvalue weighted by Gasteiger charge is -2.27. The number of unbranched alkanes of at least 4 members (excludes halogenated alkanes) is 1. The third-order valence-corrected chi connectivity index (χ3v) is 10.3. The lowest BCUT2D eigenvalue weighted by atomic mass is 9.96. The molecule has 2 aliphatic rings. The highest BCUT2D eigenvalue weighted by molar-refractivity contribution is 6.31. The van der Waals surface area contributed by atoms with Crippen molar-refractivity contribution in [1.82, 2.24) is 15.2 Å². The predicted molar refractivity (Wildman–Crippen MR) is 202 cm³/mol. The van der Waals surface area contributed by atoms with Crippen molar-refractivity contribution >= 4 is 17.6 Å². The van der Waals surface area contributed by atoms with Crippen molar-refractivity contribution in [1.29, 1.82) is 0 Å². The van der Waals surface area contributed by atoms with Gasteiger partial charge >= 0.3 is 6.03 Å². The molecule has 2 aliphatic carbocycles. The Morgan fingerprint density at radius 1 is 0.981 bits per heavy atom. The number of nitrogens with zero attached hydrogens (tertiary/aromatic N) is 2. The van der Waals surface area contributed by atoms with Crippen LogP contribution in [0.3, 0.4) is 0 Å². The minimum absolute atomic E-state index is 0.127. The van der Waals surface area contributed by atoms with E-state index in [4.69, 9.17) is 36.0 Å². The number of pyridine rings is 1. The zero-order chi connectivity index (χ0) is 38.7. The number of para-hydroxylation sites is 1. The number of ether oxygens (including phenoxy) is 3. The number of hydrogen-bond acceptors (Lipinski definition) is 11. The molecule has 4 atom stereocenters. The Hall–Kier alpha value is -3.37. The molecule has 1 heterocycles. The molecular weight excluding hydrogens is 718 g/mol. The first-order valence-corrected chi connectivity index (χ1v) is 19.1. The summed E-state index contributed by atoms with van der Waals surface area (Å²) in [6, 6.07) is 13.7. The summed E-state index contributed by atoms with van der Waals surface area (Å²) in [7, 11) is 0. The third-order valence-electron chi connectivity index (χ3n) is 9.96. The number of aryl methyl sites for hydroxylation is 2. The minimum Gasteiger partial charge on any atom is -0.490 e. The first-order valence-electron chi connectivity index (χ1n) is 18.7. The second-order valence-electron chi connectivity index (χ2n) is 14.2. The highest BCUT2D eigenvalue weighted by Gasteiger charge is 2.48. The molecule has 2 amide bonds. The van der Waals surface area contributed by atoms with Gasteiger partial charge in [-0.05, 0) is 92.3 Å². The van der Waals surface area contributed by atoms with Gasteiger partial charge in [-0.1, -0.05) is 35.9 Å². The van der Waals surface area contributed by atoms with Crippen LogP contribution in [0.15, 0.2) is 54.9 Å². The molecule has 14 heteroatoms. The van der Waals surface area contributed by atoms with Crippen LogP contribution in [-0.4, -0.2) is 123 Å². The predicted octanol–water partition coefficient (Wildman–Crippen LogP) is 3.24. The molecule has 13 nitrogen and oxygen atoms in total. The molecule has 5 rings (SSSR count). The van der Waals surface area contributed by atoms with E-state index >= 15 is 0 Å². The van der Waals surface area contributed by atoms with Crippen molar-refractivity contribution in [3.63, 3.8) is 0 Å². The lowest BCUT2D eigenvalue weighted by molar-refractivity contribution is -0.113. The second-order valence-corrected chi connectivity index (χ2v) is 14.6. The normalized spacial score (nSPS) is 17.0. The number of aliphatic hydroxyl groups excluding tert-OH is 6. The Bertz CT molecular complexity index is 1660. The Morgan fingerprint density at radius 2 is 1.74 bits per heavy atom. The Kier molecular flexibility index (Phi) is 15.5. The monoisotopic (exact) mass is 771 g/mol. The van der Waals surface area contributed by atoms with E-state index in [0.29, 0.717) is 24.6 Å². The van der Waals surface area contributed by atoms with Gasteiger partial charge in [0.2, 0.25) is 0 Å². The van der Waals surface area contributed by atoms with Gasteiger partial charge in [0.15, 0.2) is 0 Å². The maximum atomic E-state index is 13.0. The van der Waals surface area contributed by atoms with Crippen LogP contribution in [0.4, 0.5) is 4.79 Å². The number of nitrogens with one attached hydrogen (secondary N) is 1. The average Bonchev–Trinajstić information content (AvgIpc) is 4.13. The van der Waals surface area contributed by atoms with E-state index in [1.807, 2.05) is 49.6 Å². The topological polar surface area (TPSA) is 194 Å². The summed E-state index contributed by atoms with van der Waals surface area (Å²) in [6.07, 6.45) is 3.24. The molecule has 7 N–H and O–H groups in total. The molecule has 2 saturated carbocycles. The number of rotatable bonds is 23. The Morgan fingerprint density at radius 3 is 2.46 bits per heavy atom. The molecule has 3 aromatic rings. The van der Waals surface area contributed by atoms with Crippen LogP contribution in [0, 0.1) is 6.92 Å². The van der Waals surface area contributed by atoms with Gasteiger partial charge in [0.25, 0.3) is 0 Å². The molecule has 2 aromatic carbocycles. The number of carbonyl (C=O) groups is 1. The van der Waals surface area contributed by atoms with Crippen LogP contribution in [0.1, 0.15) is 60.8 Å². The Labute approximate surface area is 321 Å². The summed E-state index contributed by atoms with van der Waals surface area (Å²) >= 11 is 6.83. The summed E-state index contributed by atoms with van der Waals surface area (Å²) < 4.78 is 18.2. The zero-order valence-electron chi connectivity index (χ0n) is 30.8. The van der Waals surface area contributed by atoms with Gasteiger partial charge in [0.05, 0.1) is 50.8 Å². The van der Waals surface area contributed by atoms with Crippen LogP contribution in [0.2, 0.25) is 5.02 Å². The molecule has 0 radical (unpaired) electrons. The van der Waals surface area contributed by atoms with Crippen LogP contribution in [0.25, 0.3) is 11.1 Å². The third kappa shape index (κ3) is 11.3. The average molecular weight is 772 g/mol. The van der Waals surface area contributed by atoms with E-state index in [9.17, 15) is 25.2 Å². The number of urea groups is 1. The number of benzene rings is 2. The van der Waals surface area contributed by atoms with Gasteiger partial charge in [-0.25, -0.2) is 4.79 Å². The second kappa shape index (κ2) is 20.0. The van der Waals surface area contributed by atoms with E-state index in [1.54, 1.807) is 0 Å². The van der Waals surface area contributed by atoms with Gasteiger partial charge in [0.1, 0.15) is 24.1 Å². The first-order chi connectivity index (χ1) is 26.1. The minimum atomic E-state index is -1.79. The van der Waals surface area contributed by atoms with E-state index in [2.05, 4.69) is 22.4 Å². The molecule has 54 heavy (non-hydrogen) atoms. The summed E-state index contributed by atoms with van der Waals surface area (Å²) in [5.41, 5.74) is 5.79. The molecule has 296 valence electrons. The summed E-state index contributed by atoms with van der Waals surface area (Å²) in [6.45, 7) is 1.95. The molecule has 0 aliphatic heterocycles. The maximum Gasteiger partial charge on any atom is 0.317 e. The van der Waals surface area contributed by atoms with E-state index in [0.717, 1.165) is 77.7 Å². The molecule has 4 unspecified atom stereocenters. The first kappa shape index (κ1) is 41.8. The Balaban J connectivity index is 1.15. The van der Waals surface area contributed by atoms with Gasteiger partial charge in [-0.3, -0.25) is 4.98 Å². The summed E-state index contributed by atoms with van der Waals surface area (Å²) in [5, 5.41) is 60.9. The van der Waals surface area contributed by atoms with Gasteiger partial charge in [-0.15, -0.1) is 0 Å². The molecule has 0 bridgehead atoms. The fourth-order valence-corrected chi connectivity index (χ4v) is 6.64. The number of hydrogen-bond donors (Lipinski definition) is 7. The van der Waals surface area contributed by atoms with Crippen molar-refractivity contribution in [2.24, 2.45) is 0 Å². The number of aromatic nitrogens is 1. The number of halogens is 1. The number of carbonyl (C=O) groups excluding carboxylic acids is 1. The van der Waals surface area contributed by atoms with E-state index in [-0.39, 0.29) is 32.5 Å². The van der Waals surface area contributed by atoms with Crippen molar-refractivity contribution in [3.8, 4) is 16.9 Å². The van der Waals surface area contributed by atoms with Crippen molar-refractivity contribution < 1.29 is 49.6 Å². The van der Waals surface area contributed by atoms with E-state index in [1.165, 1.54) is 4.90 Å². The zero-order valence-corrected chi connectivity index (χ0v) is 31.5. The van der Waals surface area contributed by atoms with Crippen LogP contribution in [-0.2, 0) is 28.1 Å². The largest absolute Gasteiger partial charge is 0.490 e. The smallest absolute Gasteiger partial charge is 0.317 e.